The fourth-order valence-electron chi connectivity index (χ4n) is 5.08. The summed E-state index contributed by atoms with van der Waals surface area (Å²) in [6.45, 7) is 4.22. The molecule has 1 N–H and O–H groups in total. The van der Waals surface area contributed by atoms with Gasteiger partial charge in [0.25, 0.3) is 0 Å². The van der Waals surface area contributed by atoms with Gasteiger partial charge < -0.3 is 29.2 Å². The second-order valence-electron chi connectivity index (χ2n) is 10.1. The van der Waals surface area contributed by atoms with E-state index in [1.165, 1.54) is 4.90 Å². The molecule has 0 aromatic heterocycles. The Morgan fingerprint density at radius 2 is 1.65 bits per heavy atom. The van der Waals surface area contributed by atoms with Crippen molar-refractivity contribution < 1.29 is 33.3 Å². The summed E-state index contributed by atoms with van der Waals surface area (Å²) in [5.74, 6) is 0.356. The van der Waals surface area contributed by atoms with Crippen LogP contribution in [0.4, 0.5) is 0 Å². The third-order valence-corrected chi connectivity index (χ3v) is 7.33. The highest BCUT2D eigenvalue weighted by Gasteiger charge is 2.37. The molecule has 1 aliphatic heterocycles. The fourth-order valence-corrected chi connectivity index (χ4v) is 5.08. The van der Waals surface area contributed by atoms with Crippen LogP contribution in [0.25, 0.3) is 0 Å². The topological polar surface area (TPSA) is 103 Å². The minimum absolute atomic E-state index is 0.0363. The molecule has 1 unspecified atom stereocenters. The number of ether oxygens (including phenoxy) is 4. The average Bonchev–Trinajstić information content (AvgIpc) is 3.02. The normalized spacial score (nSPS) is 14.7. The third-order valence-electron chi connectivity index (χ3n) is 7.33. The monoisotopic (exact) mass is 586 g/mol. The van der Waals surface area contributed by atoms with Crippen LogP contribution >= 0.6 is 0 Å². The van der Waals surface area contributed by atoms with Crippen molar-refractivity contribution in [2.75, 3.05) is 33.9 Å². The van der Waals surface area contributed by atoms with Gasteiger partial charge in [0.2, 0.25) is 11.8 Å². The number of allylic oxidation sites excluding steroid dienone is 1. The summed E-state index contributed by atoms with van der Waals surface area (Å²) in [6, 6.07) is 22.8. The van der Waals surface area contributed by atoms with E-state index in [4.69, 9.17) is 18.9 Å². The molecule has 0 spiro atoms. The number of carbonyl (C=O) groups excluding carboxylic acids is 3. The summed E-state index contributed by atoms with van der Waals surface area (Å²) in [5.41, 5.74) is 3.60. The second kappa shape index (κ2) is 14.9. The predicted octanol–water partition coefficient (Wildman–Crippen LogP) is 4.79. The molecule has 0 saturated carbocycles. The van der Waals surface area contributed by atoms with E-state index >= 15 is 0 Å². The largest absolute Gasteiger partial charge is 0.493 e. The number of rotatable bonds is 13. The molecule has 0 saturated heterocycles. The smallest absolute Gasteiger partial charge is 0.336 e. The first kappa shape index (κ1) is 31.2. The summed E-state index contributed by atoms with van der Waals surface area (Å²) < 4.78 is 21.9. The van der Waals surface area contributed by atoms with Gasteiger partial charge >= 0.3 is 5.97 Å². The van der Waals surface area contributed by atoms with Crippen molar-refractivity contribution in [1.29, 1.82) is 0 Å². The predicted molar refractivity (Wildman–Crippen MR) is 162 cm³/mol. The van der Waals surface area contributed by atoms with Gasteiger partial charge in [-0.1, -0.05) is 48.5 Å². The van der Waals surface area contributed by atoms with Crippen LogP contribution in [-0.4, -0.2) is 56.6 Å². The summed E-state index contributed by atoms with van der Waals surface area (Å²) >= 11 is 0. The second-order valence-corrected chi connectivity index (χ2v) is 10.1. The highest BCUT2D eigenvalue weighted by molar-refractivity contribution is 5.97. The molecule has 9 heteroatoms. The molecule has 1 aliphatic rings. The standard InChI is InChI=1S/C34H38N2O7/c1-5-42-34(39)33-23(2)36(21-31(37)35-18-17-24-11-16-29(40-3)30(19-24)41-4)32(38)20-28(33)26-12-14-27(15-13-26)43-22-25-9-7-6-8-10-25/h6-16,19,28H,5,17-18,20-22H2,1-4H3,(H,35,37). The third kappa shape index (κ3) is 7.94. The molecule has 1 atom stereocenters. The Labute approximate surface area is 252 Å². The van der Waals surface area contributed by atoms with Crippen LogP contribution < -0.4 is 19.5 Å². The van der Waals surface area contributed by atoms with Crippen molar-refractivity contribution in [2.45, 2.75) is 39.2 Å². The van der Waals surface area contributed by atoms with Gasteiger partial charge in [0, 0.05) is 24.6 Å². The molecule has 0 radical (unpaired) electrons. The van der Waals surface area contributed by atoms with Crippen molar-refractivity contribution in [3.05, 3.63) is 101 Å². The van der Waals surface area contributed by atoms with Crippen molar-refractivity contribution in [1.82, 2.24) is 10.2 Å². The zero-order valence-electron chi connectivity index (χ0n) is 25.1. The van der Waals surface area contributed by atoms with Crippen molar-refractivity contribution >= 4 is 17.8 Å². The van der Waals surface area contributed by atoms with E-state index in [-0.39, 0.29) is 31.4 Å². The number of hydrogen-bond acceptors (Lipinski definition) is 7. The van der Waals surface area contributed by atoms with Gasteiger partial charge in [0.05, 0.1) is 26.4 Å². The van der Waals surface area contributed by atoms with Gasteiger partial charge in [-0.15, -0.1) is 0 Å². The Balaban J connectivity index is 1.43. The highest BCUT2D eigenvalue weighted by Crippen LogP contribution is 2.37. The average molecular weight is 587 g/mol. The SMILES string of the molecule is CCOC(=O)C1=C(C)N(CC(=O)NCCc2ccc(OC)c(OC)c2)C(=O)CC1c1ccc(OCc2ccccc2)cc1. The Bertz CT molecular complexity index is 1450. The number of carbonyl (C=O) groups is 3. The van der Waals surface area contributed by atoms with Crippen molar-refractivity contribution in [3.8, 4) is 17.2 Å². The van der Waals surface area contributed by atoms with Crippen molar-refractivity contribution in [3.63, 3.8) is 0 Å². The van der Waals surface area contributed by atoms with Gasteiger partial charge in [0.15, 0.2) is 11.5 Å². The minimum Gasteiger partial charge on any atom is -0.493 e. The molecular formula is C34H38N2O7. The molecule has 0 bridgehead atoms. The number of benzene rings is 3. The summed E-state index contributed by atoms with van der Waals surface area (Å²) in [6.07, 6.45) is 0.602. The van der Waals surface area contributed by atoms with Crippen LogP contribution in [0.2, 0.25) is 0 Å². The van der Waals surface area contributed by atoms with Crippen LogP contribution in [0.5, 0.6) is 17.2 Å². The lowest BCUT2D eigenvalue weighted by molar-refractivity contribution is -0.141. The van der Waals surface area contributed by atoms with E-state index in [1.807, 2.05) is 72.8 Å². The van der Waals surface area contributed by atoms with Crippen LogP contribution in [0.15, 0.2) is 84.1 Å². The first-order chi connectivity index (χ1) is 20.8. The van der Waals surface area contributed by atoms with E-state index in [1.54, 1.807) is 28.1 Å². The summed E-state index contributed by atoms with van der Waals surface area (Å²) in [7, 11) is 3.14. The van der Waals surface area contributed by atoms with Crippen LogP contribution in [0, 0.1) is 0 Å². The minimum atomic E-state index is -0.501. The Hall–Kier alpha value is -4.79. The summed E-state index contributed by atoms with van der Waals surface area (Å²) in [5, 5.41) is 2.87. The molecule has 9 nitrogen and oxygen atoms in total. The molecular weight excluding hydrogens is 548 g/mol. The molecule has 226 valence electrons. The molecule has 1 heterocycles. The molecule has 2 amide bonds. The molecule has 0 fully saturated rings. The highest BCUT2D eigenvalue weighted by atomic mass is 16.5. The first-order valence-electron chi connectivity index (χ1n) is 14.3. The van der Waals surface area contributed by atoms with Crippen LogP contribution in [0.3, 0.4) is 0 Å². The maximum absolute atomic E-state index is 13.3. The molecule has 3 aromatic rings. The van der Waals surface area contributed by atoms with Gasteiger partial charge in [-0.3, -0.25) is 9.59 Å². The van der Waals surface area contributed by atoms with Crippen molar-refractivity contribution in [2.24, 2.45) is 0 Å². The lowest BCUT2D eigenvalue weighted by Gasteiger charge is -2.34. The van der Waals surface area contributed by atoms with E-state index in [0.717, 1.165) is 16.7 Å². The maximum Gasteiger partial charge on any atom is 0.336 e. The van der Waals surface area contributed by atoms with E-state index in [9.17, 15) is 14.4 Å². The Morgan fingerprint density at radius 1 is 0.930 bits per heavy atom. The van der Waals surface area contributed by atoms with Gasteiger partial charge in [-0.05, 0) is 61.2 Å². The molecule has 0 aliphatic carbocycles. The van der Waals surface area contributed by atoms with Gasteiger partial charge in [-0.25, -0.2) is 4.79 Å². The van der Waals surface area contributed by atoms with Gasteiger partial charge in [0.1, 0.15) is 18.9 Å². The number of methoxy groups -OCH3 is 2. The number of nitrogens with zero attached hydrogens (tertiary/aromatic N) is 1. The van der Waals surface area contributed by atoms with Crippen LogP contribution in [-0.2, 0) is 32.1 Å². The molecule has 43 heavy (non-hydrogen) atoms. The Kier molecular flexibility index (Phi) is 10.8. The number of nitrogens with one attached hydrogen (secondary N) is 1. The van der Waals surface area contributed by atoms with E-state index in [2.05, 4.69) is 5.32 Å². The maximum atomic E-state index is 13.3. The van der Waals surface area contributed by atoms with E-state index < -0.39 is 11.9 Å². The Morgan fingerprint density at radius 3 is 2.33 bits per heavy atom. The zero-order valence-corrected chi connectivity index (χ0v) is 25.1. The number of amides is 2. The summed E-state index contributed by atoms with van der Waals surface area (Å²) in [4.78, 5) is 40.7. The zero-order chi connectivity index (χ0) is 30.8. The quantitative estimate of drug-likeness (QED) is 0.287. The fraction of sp³-hybridized carbons (Fsp3) is 0.324. The molecule has 3 aromatic carbocycles. The van der Waals surface area contributed by atoms with Gasteiger partial charge in [-0.2, -0.15) is 0 Å². The van der Waals surface area contributed by atoms with Crippen LogP contribution in [0.1, 0.15) is 42.9 Å². The van der Waals surface area contributed by atoms with E-state index in [0.29, 0.717) is 48.1 Å². The number of hydrogen-bond donors (Lipinski definition) is 1. The lowest BCUT2D eigenvalue weighted by atomic mass is 9.83. The first-order valence-corrected chi connectivity index (χ1v) is 14.3. The number of esters is 1. The molecule has 4 rings (SSSR count). The lowest BCUT2D eigenvalue weighted by Crippen LogP contribution is -2.44.